The number of fused-ring (bicyclic) bond motifs is 1. The Kier molecular flexibility index (Phi) is 5.67. The summed E-state index contributed by atoms with van der Waals surface area (Å²) in [6, 6.07) is 5.70. The van der Waals surface area contributed by atoms with Gasteiger partial charge in [0.25, 0.3) is 5.56 Å². The molecular formula is C21H19F5N2O4. The molecule has 0 unspecified atom stereocenters. The van der Waals surface area contributed by atoms with Crippen LogP contribution < -0.4 is 10.3 Å². The highest BCUT2D eigenvalue weighted by Gasteiger charge is 2.59. The Bertz CT molecular complexity index is 1150. The van der Waals surface area contributed by atoms with E-state index in [4.69, 9.17) is 9.57 Å². The predicted octanol–water partition coefficient (Wildman–Crippen LogP) is 4.22. The Morgan fingerprint density at radius 1 is 1.12 bits per heavy atom. The van der Waals surface area contributed by atoms with Crippen LogP contribution in [0.5, 0.6) is 5.75 Å². The van der Waals surface area contributed by atoms with Crippen molar-refractivity contribution < 1.29 is 36.3 Å². The number of ether oxygens (including phenoxy) is 1. The number of alkyl halides is 5. The minimum Gasteiger partial charge on any atom is -0.481 e. The number of hydroxylamine groups is 2. The van der Waals surface area contributed by atoms with E-state index in [0.29, 0.717) is 6.07 Å². The average molecular weight is 458 g/mol. The predicted molar refractivity (Wildman–Crippen MR) is 104 cm³/mol. The topological polar surface area (TPSA) is 60.8 Å². The van der Waals surface area contributed by atoms with Crippen molar-refractivity contribution in [3.8, 4) is 5.75 Å². The smallest absolute Gasteiger partial charge is 0.458 e. The van der Waals surface area contributed by atoms with E-state index in [9.17, 15) is 31.5 Å². The van der Waals surface area contributed by atoms with Gasteiger partial charge in [-0.3, -0.25) is 19.0 Å². The molecule has 6 nitrogen and oxygen atoms in total. The van der Waals surface area contributed by atoms with Crippen molar-refractivity contribution in [1.29, 1.82) is 0 Å². The summed E-state index contributed by atoms with van der Waals surface area (Å²) in [5, 5.41) is 0.728. The zero-order valence-electron chi connectivity index (χ0n) is 17.5. The highest BCUT2D eigenvalue weighted by atomic mass is 19.4. The van der Waals surface area contributed by atoms with Gasteiger partial charge in [-0.25, -0.2) is 0 Å². The van der Waals surface area contributed by atoms with Crippen molar-refractivity contribution in [2.45, 2.75) is 38.5 Å². The van der Waals surface area contributed by atoms with Crippen LogP contribution in [0.25, 0.3) is 5.70 Å². The third-order valence-corrected chi connectivity index (χ3v) is 5.09. The summed E-state index contributed by atoms with van der Waals surface area (Å²) in [5.74, 6) is -5.21. The van der Waals surface area contributed by atoms with Crippen LogP contribution in [0.15, 0.2) is 47.0 Å². The number of pyridine rings is 1. The molecule has 0 bridgehead atoms. The normalized spacial score (nSPS) is 15.8. The molecule has 0 saturated carbocycles. The second-order valence-electron chi connectivity index (χ2n) is 7.52. The van der Waals surface area contributed by atoms with Gasteiger partial charge in [0, 0.05) is 23.4 Å². The molecule has 2 aromatic rings. The largest absolute Gasteiger partial charge is 0.481 e. The number of carbonyl (C=O) groups excluding carboxylic acids is 1. The van der Waals surface area contributed by atoms with E-state index in [1.807, 2.05) is 0 Å². The fourth-order valence-corrected chi connectivity index (χ4v) is 3.69. The molecule has 0 aliphatic carbocycles. The first kappa shape index (κ1) is 23.5. The van der Waals surface area contributed by atoms with E-state index in [2.05, 4.69) is 0 Å². The Morgan fingerprint density at radius 2 is 1.78 bits per heavy atom. The first-order valence-corrected chi connectivity index (χ1v) is 9.27. The standard InChI is InChI=1S/C21H19F5N2O4/c1-12-13(20(22,23)21(24,25)26)8-9-14-16(12)17(27-10-6-5-7-15(27)30)18(19(2,3)32-14)28(11-29)31-4/h5-11H,1-4H3. The Morgan fingerprint density at radius 3 is 2.31 bits per heavy atom. The lowest BCUT2D eigenvalue weighted by Crippen LogP contribution is -2.45. The van der Waals surface area contributed by atoms with Crippen molar-refractivity contribution in [2.75, 3.05) is 7.11 Å². The van der Waals surface area contributed by atoms with Crippen LogP contribution in [0.3, 0.4) is 0 Å². The van der Waals surface area contributed by atoms with Crippen LogP contribution >= 0.6 is 0 Å². The van der Waals surface area contributed by atoms with Crippen LogP contribution in [-0.4, -0.2) is 34.9 Å². The number of halogens is 5. The van der Waals surface area contributed by atoms with Gasteiger partial charge < -0.3 is 4.74 Å². The van der Waals surface area contributed by atoms with Crippen LogP contribution in [0.4, 0.5) is 22.0 Å². The van der Waals surface area contributed by atoms with Crippen molar-refractivity contribution in [3.05, 3.63) is 69.3 Å². The molecule has 32 heavy (non-hydrogen) atoms. The summed E-state index contributed by atoms with van der Waals surface area (Å²) < 4.78 is 74.9. The number of rotatable bonds is 5. The quantitative estimate of drug-likeness (QED) is 0.383. The number of benzene rings is 1. The summed E-state index contributed by atoms with van der Waals surface area (Å²) in [7, 11) is 1.15. The highest BCUT2D eigenvalue weighted by molar-refractivity contribution is 5.80. The Hall–Kier alpha value is -3.21. The lowest BCUT2D eigenvalue weighted by atomic mass is 9.88. The molecule has 1 aliphatic heterocycles. The highest BCUT2D eigenvalue weighted by Crippen LogP contribution is 2.50. The second-order valence-corrected chi connectivity index (χ2v) is 7.52. The van der Waals surface area contributed by atoms with E-state index in [1.165, 1.54) is 38.2 Å². The van der Waals surface area contributed by atoms with Crippen molar-refractivity contribution >= 4 is 12.1 Å². The van der Waals surface area contributed by atoms with E-state index in [-0.39, 0.29) is 29.1 Å². The second kappa shape index (κ2) is 7.73. The van der Waals surface area contributed by atoms with Gasteiger partial charge in [0.05, 0.1) is 12.8 Å². The Balaban J connectivity index is 2.51. The molecule has 0 radical (unpaired) electrons. The van der Waals surface area contributed by atoms with E-state index >= 15 is 0 Å². The summed E-state index contributed by atoms with van der Waals surface area (Å²) >= 11 is 0. The maximum atomic E-state index is 14.3. The van der Waals surface area contributed by atoms with Gasteiger partial charge >= 0.3 is 12.1 Å². The van der Waals surface area contributed by atoms with E-state index < -0.39 is 34.4 Å². The van der Waals surface area contributed by atoms with Crippen molar-refractivity contribution in [1.82, 2.24) is 9.63 Å². The van der Waals surface area contributed by atoms with Gasteiger partial charge in [-0.1, -0.05) is 6.07 Å². The summed E-state index contributed by atoms with van der Waals surface area (Å²) in [5.41, 5.74) is -4.10. The molecule has 1 aromatic carbocycles. The molecule has 0 fully saturated rings. The molecule has 2 heterocycles. The minimum absolute atomic E-state index is 0.0364. The molecule has 1 aliphatic rings. The number of aromatic nitrogens is 1. The SMILES string of the molecule is CON(C=O)C1=C(n2ccccc2=O)c2c(ccc(C(F)(F)C(F)(F)F)c2C)OC1(C)C. The van der Waals surface area contributed by atoms with Crippen molar-refractivity contribution in [2.24, 2.45) is 0 Å². The number of nitrogens with zero attached hydrogens (tertiary/aromatic N) is 2. The molecular weight excluding hydrogens is 439 g/mol. The van der Waals surface area contributed by atoms with Crippen LogP contribution in [0, 0.1) is 6.92 Å². The molecule has 3 rings (SSSR count). The van der Waals surface area contributed by atoms with E-state index in [0.717, 1.165) is 29.7 Å². The van der Waals surface area contributed by atoms with Crippen LogP contribution in [0.2, 0.25) is 0 Å². The monoisotopic (exact) mass is 458 g/mol. The zero-order valence-corrected chi connectivity index (χ0v) is 17.5. The summed E-state index contributed by atoms with van der Waals surface area (Å²) in [6.45, 7) is 4.13. The number of hydrogen-bond acceptors (Lipinski definition) is 4. The number of carbonyl (C=O) groups is 1. The molecule has 0 atom stereocenters. The van der Waals surface area contributed by atoms with Gasteiger partial charge in [0.2, 0.25) is 6.41 Å². The lowest BCUT2D eigenvalue weighted by molar-refractivity contribution is -0.289. The van der Waals surface area contributed by atoms with Gasteiger partial charge in [-0.05, 0) is 44.5 Å². The molecule has 172 valence electrons. The van der Waals surface area contributed by atoms with E-state index in [1.54, 1.807) is 0 Å². The van der Waals surface area contributed by atoms with Crippen molar-refractivity contribution in [3.63, 3.8) is 0 Å². The number of amides is 1. The molecule has 1 amide bonds. The minimum atomic E-state index is -5.85. The van der Waals surface area contributed by atoms with Gasteiger partial charge in [-0.15, -0.1) is 0 Å². The maximum absolute atomic E-state index is 14.3. The molecule has 0 N–H and O–H groups in total. The third kappa shape index (κ3) is 3.56. The first-order chi connectivity index (χ1) is 14.8. The maximum Gasteiger partial charge on any atom is 0.458 e. The third-order valence-electron chi connectivity index (χ3n) is 5.09. The molecule has 1 aromatic heterocycles. The van der Waals surface area contributed by atoms with Gasteiger partial charge in [0.15, 0.2) is 0 Å². The first-order valence-electron chi connectivity index (χ1n) is 9.27. The molecule has 0 spiro atoms. The van der Waals surface area contributed by atoms with Crippen LogP contribution in [0.1, 0.15) is 30.5 Å². The van der Waals surface area contributed by atoms with Gasteiger partial charge in [-0.2, -0.15) is 27.0 Å². The molecule has 11 heteroatoms. The fourth-order valence-electron chi connectivity index (χ4n) is 3.69. The fraction of sp³-hybridized carbons (Fsp3) is 0.333. The summed E-state index contributed by atoms with van der Waals surface area (Å²) in [4.78, 5) is 29.4. The van der Waals surface area contributed by atoms with Gasteiger partial charge in [0.1, 0.15) is 17.0 Å². The molecule has 0 saturated heterocycles. The summed E-state index contributed by atoms with van der Waals surface area (Å²) in [6.07, 6.45) is -4.28. The lowest BCUT2D eigenvalue weighted by Gasteiger charge is -2.40. The Labute approximate surface area is 179 Å². The average Bonchev–Trinajstić information content (AvgIpc) is 2.68. The number of hydrogen-bond donors (Lipinski definition) is 0. The zero-order chi connectivity index (χ0) is 24.1. The van der Waals surface area contributed by atoms with Crippen LogP contribution in [-0.2, 0) is 15.6 Å².